The van der Waals surface area contributed by atoms with Crippen LogP contribution in [0.1, 0.15) is 5.56 Å². The molecule has 2 aromatic heterocycles. The van der Waals surface area contributed by atoms with Gasteiger partial charge in [0.15, 0.2) is 5.16 Å². The van der Waals surface area contributed by atoms with Gasteiger partial charge in [0.25, 0.3) is 0 Å². The van der Waals surface area contributed by atoms with E-state index < -0.39 is 10.8 Å². The van der Waals surface area contributed by atoms with E-state index in [-0.39, 0.29) is 11.6 Å². The zero-order valence-electron chi connectivity index (χ0n) is 16.0. The van der Waals surface area contributed by atoms with Crippen molar-refractivity contribution in [3.05, 3.63) is 78.4 Å². The van der Waals surface area contributed by atoms with Gasteiger partial charge in [-0.2, -0.15) is 0 Å². The largest absolute Gasteiger partial charge is 0.508 e. The molecule has 2 N–H and O–H groups in total. The minimum Gasteiger partial charge on any atom is -0.508 e. The molecule has 1 unspecified atom stereocenters. The first-order chi connectivity index (χ1) is 14.5. The molecule has 2 aromatic carbocycles. The third-order valence-electron chi connectivity index (χ3n) is 4.52. The summed E-state index contributed by atoms with van der Waals surface area (Å²) in [5.41, 5.74) is 3.89. The number of H-pyrrole nitrogens is 1. The first-order valence-electron chi connectivity index (χ1n) is 9.06. The van der Waals surface area contributed by atoms with E-state index in [1.54, 1.807) is 49.0 Å². The van der Waals surface area contributed by atoms with Crippen molar-refractivity contribution in [2.24, 2.45) is 0 Å². The summed E-state index contributed by atoms with van der Waals surface area (Å²) < 4.78 is 25.1. The van der Waals surface area contributed by atoms with Crippen LogP contribution in [0.5, 0.6) is 5.75 Å². The summed E-state index contributed by atoms with van der Waals surface area (Å²) in [7, 11) is -1.13. The van der Waals surface area contributed by atoms with Crippen LogP contribution in [0.15, 0.2) is 77.0 Å². The van der Waals surface area contributed by atoms with Crippen LogP contribution in [0.3, 0.4) is 0 Å². The summed E-state index contributed by atoms with van der Waals surface area (Å²) in [5, 5.41) is 10.8. The van der Waals surface area contributed by atoms with Crippen molar-refractivity contribution >= 4 is 22.6 Å². The number of benzene rings is 2. The van der Waals surface area contributed by atoms with Crippen LogP contribution >= 0.6 is 11.8 Å². The highest BCUT2D eigenvalue weighted by molar-refractivity contribution is 7.98. The number of aromatic hydroxyl groups is 1. The molecule has 0 radical (unpaired) electrons. The lowest BCUT2D eigenvalue weighted by Crippen LogP contribution is -1.90. The molecule has 1 atom stereocenters. The first kappa shape index (κ1) is 20.3. The topological polar surface area (TPSA) is 78.9 Å². The molecule has 0 saturated heterocycles. The minimum atomic E-state index is -1.13. The van der Waals surface area contributed by atoms with Crippen LogP contribution in [0.2, 0.25) is 0 Å². The Labute approximate surface area is 179 Å². The van der Waals surface area contributed by atoms with E-state index in [1.807, 2.05) is 12.1 Å². The lowest BCUT2D eigenvalue weighted by Gasteiger charge is -2.05. The van der Waals surface area contributed by atoms with Crippen molar-refractivity contribution in [2.75, 3.05) is 6.26 Å². The lowest BCUT2D eigenvalue weighted by molar-refractivity contribution is 0.470. The van der Waals surface area contributed by atoms with Gasteiger partial charge in [-0.1, -0.05) is 11.8 Å². The van der Waals surface area contributed by atoms with Crippen molar-refractivity contribution < 1.29 is 13.7 Å². The number of aromatic amines is 1. The maximum Gasteiger partial charge on any atom is 0.166 e. The Kier molecular flexibility index (Phi) is 5.96. The normalized spacial score (nSPS) is 12.1. The maximum atomic E-state index is 13.4. The lowest BCUT2D eigenvalue weighted by atomic mass is 10.1. The van der Waals surface area contributed by atoms with Gasteiger partial charge in [-0.15, -0.1) is 0 Å². The Bertz CT molecular complexity index is 1190. The molecular formula is C22H18FN3O2S2. The van der Waals surface area contributed by atoms with Crippen LogP contribution in [0.4, 0.5) is 4.39 Å². The number of hydrogen-bond donors (Lipinski definition) is 2. The number of imidazole rings is 1. The summed E-state index contributed by atoms with van der Waals surface area (Å²) in [6, 6.07) is 14.9. The highest BCUT2D eigenvalue weighted by Gasteiger charge is 2.15. The van der Waals surface area contributed by atoms with Gasteiger partial charge in [0.05, 0.1) is 11.4 Å². The summed E-state index contributed by atoms with van der Waals surface area (Å²) >= 11 is 1.42. The summed E-state index contributed by atoms with van der Waals surface area (Å²) in [6.07, 6.45) is 5.00. The first-order valence-corrected chi connectivity index (χ1v) is 11.6. The molecule has 2 heterocycles. The fourth-order valence-corrected chi connectivity index (χ4v) is 4.39. The monoisotopic (exact) mass is 439 g/mol. The second-order valence-corrected chi connectivity index (χ2v) is 8.89. The van der Waals surface area contributed by atoms with E-state index in [0.717, 1.165) is 16.8 Å². The molecule has 30 heavy (non-hydrogen) atoms. The van der Waals surface area contributed by atoms with Gasteiger partial charge >= 0.3 is 0 Å². The fraction of sp³-hybridized carbons (Fsp3) is 0.0909. The average Bonchev–Trinajstić information content (AvgIpc) is 3.18. The van der Waals surface area contributed by atoms with E-state index in [0.29, 0.717) is 27.1 Å². The van der Waals surface area contributed by atoms with Crippen molar-refractivity contribution in [3.8, 4) is 28.3 Å². The van der Waals surface area contributed by atoms with Gasteiger partial charge < -0.3 is 10.1 Å². The molecule has 0 saturated carbocycles. The molecule has 4 rings (SSSR count). The number of nitrogens with one attached hydrogen (secondary N) is 1. The molecule has 4 aromatic rings. The van der Waals surface area contributed by atoms with Gasteiger partial charge in [-0.3, -0.25) is 9.19 Å². The van der Waals surface area contributed by atoms with Gasteiger partial charge in [-0.25, -0.2) is 9.37 Å². The number of nitrogens with zero attached hydrogens (tertiary/aromatic N) is 2. The number of pyridine rings is 1. The number of phenolic OH excluding ortho intramolecular Hbond substituents is 1. The second-order valence-electron chi connectivity index (χ2n) is 6.54. The third-order valence-corrected chi connectivity index (χ3v) is 6.36. The minimum absolute atomic E-state index is 0.149. The molecule has 5 nitrogen and oxygen atoms in total. The van der Waals surface area contributed by atoms with E-state index >= 15 is 0 Å². The molecule has 0 fully saturated rings. The summed E-state index contributed by atoms with van der Waals surface area (Å²) in [6.45, 7) is 0. The molecule has 152 valence electrons. The number of rotatable bonds is 6. The van der Waals surface area contributed by atoms with Crippen molar-refractivity contribution in [2.45, 2.75) is 15.8 Å². The number of phenols is 1. The van der Waals surface area contributed by atoms with Gasteiger partial charge in [0.1, 0.15) is 11.6 Å². The Morgan fingerprint density at radius 2 is 1.80 bits per heavy atom. The van der Waals surface area contributed by atoms with E-state index in [9.17, 15) is 13.7 Å². The summed E-state index contributed by atoms with van der Waals surface area (Å²) in [4.78, 5) is 12.8. The van der Waals surface area contributed by atoms with Crippen LogP contribution in [0, 0.1) is 5.82 Å². The Morgan fingerprint density at radius 3 is 2.50 bits per heavy atom. The quantitative estimate of drug-likeness (QED) is 0.413. The molecule has 0 bridgehead atoms. The van der Waals surface area contributed by atoms with Crippen molar-refractivity contribution in [1.29, 1.82) is 0 Å². The Balaban J connectivity index is 1.67. The number of halogens is 1. The van der Waals surface area contributed by atoms with E-state index in [4.69, 9.17) is 4.98 Å². The fourth-order valence-electron chi connectivity index (χ4n) is 2.97. The van der Waals surface area contributed by atoms with Crippen LogP contribution in [0.25, 0.3) is 22.5 Å². The smallest absolute Gasteiger partial charge is 0.166 e. The van der Waals surface area contributed by atoms with Crippen LogP contribution in [-0.4, -0.2) is 30.5 Å². The molecule has 8 heteroatoms. The molecule has 0 aliphatic rings. The molecule has 0 spiro atoms. The van der Waals surface area contributed by atoms with Crippen LogP contribution in [-0.2, 0) is 16.6 Å². The molecule has 0 aliphatic heterocycles. The molecular weight excluding hydrogens is 421 g/mol. The zero-order valence-corrected chi connectivity index (χ0v) is 17.6. The SMILES string of the molecule is CS(=O)c1ccc(O)c(CSc2nc(-c3ccc(F)cc3)c(-c3ccncc3)[nH]2)c1. The standard InChI is InChI=1S/C22H18FN3O2S2/c1-30(28)18-6-7-19(27)16(12-18)13-29-22-25-20(14-2-4-17(23)5-3-14)21(26-22)15-8-10-24-11-9-15/h2-12,27H,13H2,1H3,(H,25,26). The van der Waals surface area contributed by atoms with Gasteiger partial charge in [0, 0.05) is 56.8 Å². The van der Waals surface area contributed by atoms with Crippen molar-refractivity contribution in [1.82, 2.24) is 15.0 Å². The maximum absolute atomic E-state index is 13.4. The Hall–Kier alpha value is -2.97. The van der Waals surface area contributed by atoms with Crippen LogP contribution < -0.4 is 0 Å². The highest BCUT2D eigenvalue weighted by atomic mass is 32.2. The molecule has 0 amide bonds. The number of hydrogen-bond acceptors (Lipinski definition) is 5. The highest BCUT2D eigenvalue weighted by Crippen LogP contribution is 2.34. The third kappa shape index (κ3) is 4.44. The van der Waals surface area contributed by atoms with E-state index in [2.05, 4.69) is 9.97 Å². The average molecular weight is 440 g/mol. The second kappa shape index (κ2) is 8.81. The number of thioether (sulfide) groups is 1. The Morgan fingerprint density at radius 1 is 1.07 bits per heavy atom. The summed E-state index contributed by atoms with van der Waals surface area (Å²) in [5.74, 6) is 0.289. The number of aromatic nitrogens is 3. The van der Waals surface area contributed by atoms with Gasteiger partial charge in [-0.05, 0) is 54.6 Å². The predicted octanol–water partition coefficient (Wildman–Crippen LogP) is 5.01. The van der Waals surface area contributed by atoms with E-state index in [1.165, 1.54) is 23.9 Å². The van der Waals surface area contributed by atoms with Gasteiger partial charge in [0.2, 0.25) is 0 Å². The zero-order chi connectivity index (χ0) is 21.1. The predicted molar refractivity (Wildman–Crippen MR) is 117 cm³/mol. The molecule has 0 aliphatic carbocycles. The van der Waals surface area contributed by atoms with Crippen molar-refractivity contribution in [3.63, 3.8) is 0 Å².